The third-order valence-corrected chi connectivity index (χ3v) is 4.44. The molecule has 1 amide bonds. The fourth-order valence-electron chi connectivity index (χ4n) is 2.48. The van der Waals surface area contributed by atoms with Gasteiger partial charge in [0.1, 0.15) is 5.75 Å². The minimum absolute atomic E-state index is 0.401. The number of methoxy groups -OCH3 is 3. The second kappa shape index (κ2) is 10.5. The Labute approximate surface area is 177 Å². The summed E-state index contributed by atoms with van der Waals surface area (Å²) in [6, 6.07) is 8.78. The van der Waals surface area contributed by atoms with Gasteiger partial charge in [0.25, 0.3) is 5.91 Å². The largest absolute Gasteiger partial charge is 0.496 e. The van der Waals surface area contributed by atoms with E-state index in [0.29, 0.717) is 28.5 Å². The number of esters is 1. The van der Waals surface area contributed by atoms with E-state index in [2.05, 4.69) is 21.2 Å². The zero-order valence-corrected chi connectivity index (χ0v) is 18.2. The van der Waals surface area contributed by atoms with Gasteiger partial charge in [0.15, 0.2) is 18.1 Å². The molecule has 0 saturated carbocycles. The number of anilines is 1. The van der Waals surface area contributed by atoms with Gasteiger partial charge in [-0.3, -0.25) is 4.79 Å². The van der Waals surface area contributed by atoms with Gasteiger partial charge in [-0.15, -0.1) is 0 Å². The highest BCUT2D eigenvalue weighted by atomic mass is 79.9. The summed E-state index contributed by atoms with van der Waals surface area (Å²) in [5.74, 6) is 0.398. The van der Waals surface area contributed by atoms with Gasteiger partial charge in [0.2, 0.25) is 0 Å². The molecule has 0 heterocycles. The summed E-state index contributed by atoms with van der Waals surface area (Å²) in [4.78, 5) is 24.0. The van der Waals surface area contributed by atoms with Crippen LogP contribution in [0.4, 0.5) is 5.69 Å². The number of carbonyl (C=O) groups excluding carboxylic acids is 2. The second-order valence-corrected chi connectivity index (χ2v) is 6.81. The normalized spacial score (nSPS) is 10.5. The number of halogens is 1. The molecule has 0 saturated heterocycles. The molecule has 2 aromatic carbocycles. The molecule has 0 aliphatic heterocycles. The SMILES string of the molecule is COc1cc(OC)c(OC)cc1/C=C/C(=O)OCC(=O)Nc1ccc(Br)cc1C. The highest BCUT2D eigenvalue weighted by Crippen LogP contribution is 2.35. The Bertz CT molecular complexity index is 926. The number of benzene rings is 2. The van der Waals surface area contributed by atoms with Crippen LogP contribution in [0.5, 0.6) is 17.2 Å². The number of aryl methyl sites for hydroxylation is 1. The molecule has 1 N–H and O–H groups in total. The number of carbonyl (C=O) groups is 2. The van der Waals surface area contributed by atoms with Crippen LogP contribution in [0, 0.1) is 6.92 Å². The molecular weight excluding hydrogens is 442 g/mol. The third kappa shape index (κ3) is 6.25. The summed E-state index contributed by atoms with van der Waals surface area (Å²) < 4.78 is 21.7. The molecule has 0 aromatic heterocycles. The molecule has 0 fully saturated rings. The van der Waals surface area contributed by atoms with Gasteiger partial charge in [-0.1, -0.05) is 15.9 Å². The van der Waals surface area contributed by atoms with E-state index >= 15 is 0 Å². The first kappa shape index (κ1) is 22.3. The maximum atomic E-state index is 12.0. The minimum Gasteiger partial charge on any atom is -0.496 e. The van der Waals surface area contributed by atoms with Crippen molar-refractivity contribution in [1.82, 2.24) is 0 Å². The van der Waals surface area contributed by atoms with Crippen LogP contribution in [0.3, 0.4) is 0 Å². The van der Waals surface area contributed by atoms with Crippen LogP contribution >= 0.6 is 15.9 Å². The molecule has 0 bridgehead atoms. The summed E-state index contributed by atoms with van der Waals surface area (Å²) in [5, 5.41) is 2.70. The quantitative estimate of drug-likeness (QED) is 0.470. The molecule has 0 aliphatic rings. The van der Waals surface area contributed by atoms with Crippen molar-refractivity contribution in [1.29, 1.82) is 0 Å². The Morgan fingerprint density at radius 3 is 2.28 bits per heavy atom. The standard InChI is InChI=1S/C21H22BrNO6/c1-13-9-15(22)6-7-16(13)23-20(24)12-29-21(25)8-5-14-10-18(27-3)19(28-4)11-17(14)26-2/h5-11H,12H2,1-4H3,(H,23,24)/b8-5+. The van der Waals surface area contributed by atoms with Crippen molar-refractivity contribution in [3.8, 4) is 17.2 Å². The van der Waals surface area contributed by atoms with Crippen molar-refractivity contribution in [2.24, 2.45) is 0 Å². The summed E-state index contributed by atoms with van der Waals surface area (Å²) >= 11 is 3.36. The van der Waals surface area contributed by atoms with E-state index in [9.17, 15) is 9.59 Å². The molecule has 7 nitrogen and oxygen atoms in total. The molecule has 0 atom stereocenters. The highest BCUT2D eigenvalue weighted by Gasteiger charge is 2.11. The molecule has 2 aromatic rings. The van der Waals surface area contributed by atoms with Gasteiger partial charge in [-0.05, 0) is 42.8 Å². The topological polar surface area (TPSA) is 83.1 Å². The van der Waals surface area contributed by atoms with E-state index in [1.165, 1.54) is 33.5 Å². The van der Waals surface area contributed by atoms with Gasteiger partial charge < -0.3 is 24.3 Å². The lowest BCUT2D eigenvalue weighted by Crippen LogP contribution is -2.20. The van der Waals surface area contributed by atoms with Crippen molar-refractivity contribution in [3.05, 3.63) is 52.0 Å². The summed E-state index contributed by atoms with van der Waals surface area (Å²) in [7, 11) is 4.54. The van der Waals surface area contributed by atoms with Gasteiger partial charge in [-0.25, -0.2) is 4.79 Å². The lowest BCUT2D eigenvalue weighted by molar-refractivity contribution is -0.142. The van der Waals surface area contributed by atoms with Gasteiger partial charge in [0.05, 0.1) is 21.3 Å². The molecule has 0 aliphatic carbocycles. The predicted molar refractivity (Wildman–Crippen MR) is 114 cm³/mol. The smallest absolute Gasteiger partial charge is 0.331 e. The van der Waals surface area contributed by atoms with Crippen LogP contribution < -0.4 is 19.5 Å². The highest BCUT2D eigenvalue weighted by molar-refractivity contribution is 9.10. The van der Waals surface area contributed by atoms with Gasteiger partial charge in [0, 0.05) is 27.9 Å². The predicted octanol–water partition coefficient (Wildman–Crippen LogP) is 3.98. The average molecular weight is 464 g/mol. The maximum absolute atomic E-state index is 12.0. The van der Waals surface area contributed by atoms with Crippen molar-refractivity contribution in [2.75, 3.05) is 33.3 Å². The van der Waals surface area contributed by atoms with Crippen LogP contribution in [0.25, 0.3) is 6.08 Å². The lowest BCUT2D eigenvalue weighted by Gasteiger charge is -2.12. The molecular formula is C21H22BrNO6. The van der Waals surface area contributed by atoms with E-state index in [-0.39, 0.29) is 0 Å². The van der Waals surface area contributed by atoms with Crippen molar-refractivity contribution in [2.45, 2.75) is 6.92 Å². The van der Waals surface area contributed by atoms with E-state index in [1.807, 2.05) is 19.1 Å². The molecule has 2 rings (SSSR count). The lowest BCUT2D eigenvalue weighted by atomic mass is 10.1. The third-order valence-electron chi connectivity index (χ3n) is 3.94. The Morgan fingerprint density at radius 2 is 1.66 bits per heavy atom. The number of ether oxygens (including phenoxy) is 4. The second-order valence-electron chi connectivity index (χ2n) is 5.90. The number of rotatable bonds is 8. The van der Waals surface area contributed by atoms with Crippen molar-refractivity contribution < 1.29 is 28.5 Å². The molecule has 29 heavy (non-hydrogen) atoms. The summed E-state index contributed by atoms with van der Waals surface area (Å²) in [6.45, 7) is 1.47. The zero-order chi connectivity index (χ0) is 21.4. The van der Waals surface area contributed by atoms with Crippen LogP contribution in [-0.4, -0.2) is 39.8 Å². The fourth-order valence-corrected chi connectivity index (χ4v) is 2.95. The first-order valence-corrected chi connectivity index (χ1v) is 9.38. The number of hydrogen-bond donors (Lipinski definition) is 1. The number of amides is 1. The van der Waals surface area contributed by atoms with E-state index in [1.54, 1.807) is 18.2 Å². The number of hydrogen-bond acceptors (Lipinski definition) is 6. The Balaban J connectivity index is 1.98. The van der Waals surface area contributed by atoms with E-state index < -0.39 is 18.5 Å². The maximum Gasteiger partial charge on any atom is 0.331 e. The van der Waals surface area contributed by atoms with Crippen LogP contribution in [-0.2, 0) is 14.3 Å². The molecule has 154 valence electrons. The monoisotopic (exact) mass is 463 g/mol. The Hall–Kier alpha value is -3.00. The van der Waals surface area contributed by atoms with Crippen LogP contribution in [0.15, 0.2) is 40.9 Å². The zero-order valence-electron chi connectivity index (χ0n) is 16.6. The first-order chi connectivity index (χ1) is 13.9. The fraction of sp³-hybridized carbons (Fsp3) is 0.238. The van der Waals surface area contributed by atoms with Crippen LogP contribution in [0.2, 0.25) is 0 Å². The summed E-state index contributed by atoms with van der Waals surface area (Å²) in [6.07, 6.45) is 2.72. The molecule has 8 heteroatoms. The summed E-state index contributed by atoms with van der Waals surface area (Å²) in [5.41, 5.74) is 2.14. The Kier molecular flexibility index (Phi) is 8.09. The molecule has 0 unspecified atom stereocenters. The van der Waals surface area contributed by atoms with E-state index in [4.69, 9.17) is 18.9 Å². The Morgan fingerprint density at radius 1 is 1.00 bits per heavy atom. The average Bonchev–Trinajstić information content (AvgIpc) is 2.71. The van der Waals surface area contributed by atoms with Gasteiger partial charge in [-0.2, -0.15) is 0 Å². The van der Waals surface area contributed by atoms with Crippen molar-refractivity contribution >= 4 is 39.6 Å². The minimum atomic E-state index is -0.662. The van der Waals surface area contributed by atoms with E-state index in [0.717, 1.165) is 10.0 Å². The number of nitrogens with one attached hydrogen (secondary N) is 1. The first-order valence-electron chi connectivity index (χ1n) is 8.58. The van der Waals surface area contributed by atoms with Crippen molar-refractivity contribution in [3.63, 3.8) is 0 Å². The molecule has 0 spiro atoms. The molecule has 0 radical (unpaired) electrons. The van der Waals surface area contributed by atoms with Gasteiger partial charge >= 0.3 is 5.97 Å². The van der Waals surface area contributed by atoms with Crippen LogP contribution in [0.1, 0.15) is 11.1 Å².